The number of pyridine rings is 1. The second kappa shape index (κ2) is 5.26. The van der Waals surface area contributed by atoms with Gasteiger partial charge in [-0.25, -0.2) is 0 Å². The topological polar surface area (TPSA) is 61.9 Å². The van der Waals surface area contributed by atoms with E-state index in [4.69, 9.17) is 0 Å². The summed E-state index contributed by atoms with van der Waals surface area (Å²) in [6.45, 7) is 0.788. The summed E-state index contributed by atoms with van der Waals surface area (Å²) in [5, 5.41) is 7.95. The zero-order valence-electron chi connectivity index (χ0n) is 12.1. The highest BCUT2D eigenvalue weighted by Gasteiger charge is 2.31. The molecule has 0 bridgehead atoms. The van der Waals surface area contributed by atoms with E-state index in [0.29, 0.717) is 5.56 Å². The van der Waals surface area contributed by atoms with Crippen molar-refractivity contribution in [1.29, 1.82) is 0 Å². The highest BCUT2D eigenvalue weighted by Crippen LogP contribution is 2.33. The number of benzene rings is 1. The SMILES string of the molecule is O=C(c1cccc2cn[nH]c12)N1CCC[C@@H]1c1ccncc1. The molecular weight excluding hydrogens is 276 g/mol. The fraction of sp³-hybridized carbons (Fsp3) is 0.235. The van der Waals surface area contributed by atoms with E-state index in [1.807, 2.05) is 35.2 Å². The Morgan fingerprint density at radius 1 is 1.23 bits per heavy atom. The minimum atomic E-state index is 0.0640. The number of amides is 1. The van der Waals surface area contributed by atoms with E-state index < -0.39 is 0 Å². The maximum absolute atomic E-state index is 13.0. The maximum Gasteiger partial charge on any atom is 0.256 e. The van der Waals surface area contributed by atoms with Crippen molar-refractivity contribution >= 4 is 16.8 Å². The molecular formula is C17H16N4O. The van der Waals surface area contributed by atoms with Gasteiger partial charge in [-0.3, -0.25) is 14.9 Å². The summed E-state index contributed by atoms with van der Waals surface area (Å²) < 4.78 is 0. The molecule has 22 heavy (non-hydrogen) atoms. The van der Waals surface area contributed by atoms with Crippen molar-refractivity contribution in [3.05, 3.63) is 60.0 Å². The van der Waals surface area contributed by atoms with Crippen molar-refractivity contribution in [2.24, 2.45) is 0 Å². The number of aromatic amines is 1. The Hall–Kier alpha value is -2.69. The fourth-order valence-corrected chi connectivity index (χ4v) is 3.24. The van der Waals surface area contributed by atoms with Gasteiger partial charge < -0.3 is 4.90 Å². The summed E-state index contributed by atoms with van der Waals surface area (Å²) in [6, 6.07) is 9.85. The van der Waals surface area contributed by atoms with Crippen LogP contribution in [0.5, 0.6) is 0 Å². The molecule has 0 saturated carbocycles. The van der Waals surface area contributed by atoms with E-state index in [2.05, 4.69) is 15.2 Å². The van der Waals surface area contributed by atoms with Gasteiger partial charge in [0.05, 0.1) is 23.3 Å². The van der Waals surface area contributed by atoms with Gasteiger partial charge in [0.2, 0.25) is 0 Å². The first kappa shape index (κ1) is 13.0. The van der Waals surface area contributed by atoms with Crippen LogP contribution in [-0.4, -0.2) is 32.5 Å². The molecule has 0 radical (unpaired) electrons. The standard InChI is InChI=1S/C17H16N4O/c22-17(14-4-1-3-13-11-19-20-16(13)14)21-10-2-5-15(21)12-6-8-18-9-7-12/h1,3-4,6-9,11,15H,2,5,10H2,(H,19,20)/t15-/m1/s1. The molecule has 1 atom stereocenters. The summed E-state index contributed by atoms with van der Waals surface area (Å²) in [5.41, 5.74) is 2.65. The van der Waals surface area contributed by atoms with Gasteiger partial charge in [0, 0.05) is 24.3 Å². The molecule has 1 amide bonds. The predicted octanol–water partition coefficient (Wildman–Crippen LogP) is 2.94. The number of fused-ring (bicyclic) bond motifs is 1. The molecule has 3 aromatic rings. The Bertz CT molecular complexity index is 812. The van der Waals surface area contributed by atoms with E-state index >= 15 is 0 Å². The number of hydrogen-bond acceptors (Lipinski definition) is 3. The van der Waals surface area contributed by atoms with Gasteiger partial charge in [0.15, 0.2) is 0 Å². The van der Waals surface area contributed by atoms with Gasteiger partial charge in [0.25, 0.3) is 5.91 Å². The molecule has 0 unspecified atom stereocenters. The Kier molecular flexibility index (Phi) is 3.11. The van der Waals surface area contributed by atoms with Gasteiger partial charge in [0.1, 0.15) is 0 Å². The van der Waals surface area contributed by atoms with E-state index in [9.17, 15) is 4.79 Å². The van der Waals surface area contributed by atoms with Crippen molar-refractivity contribution in [3.8, 4) is 0 Å². The fourth-order valence-electron chi connectivity index (χ4n) is 3.24. The van der Waals surface area contributed by atoms with Crippen LogP contribution in [0.1, 0.15) is 34.8 Å². The molecule has 0 spiro atoms. The third-order valence-corrected chi connectivity index (χ3v) is 4.31. The average molecular weight is 292 g/mol. The molecule has 2 aromatic heterocycles. The monoisotopic (exact) mass is 292 g/mol. The molecule has 3 heterocycles. The zero-order chi connectivity index (χ0) is 14.9. The summed E-state index contributed by atoms with van der Waals surface area (Å²) in [6.07, 6.45) is 7.33. The van der Waals surface area contributed by atoms with E-state index in [-0.39, 0.29) is 11.9 Å². The number of rotatable bonds is 2. The predicted molar refractivity (Wildman–Crippen MR) is 83.3 cm³/mol. The number of carbonyl (C=O) groups excluding carboxylic acids is 1. The lowest BCUT2D eigenvalue weighted by atomic mass is 10.0. The highest BCUT2D eigenvalue weighted by molar-refractivity contribution is 6.05. The van der Waals surface area contributed by atoms with Crippen LogP contribution >= 0.6 is 0 Å². The third-order valence-electron chi connectivity index (χ3n) is 4.31. The third kappa shape index (κ3) is 2.06. The molecule has 5 heteroatoms. The Balaban J connectivity index is 1.71. The second-order valence-corrected chi connectivity index (χ2v) is 5.58. The lowest BCUT2D eigenvalue weighted by Gasteiger charge is -2.25. The molecule has 110 valence electrons. The average Bonchev–Trinajstić information content (AvgIpc) is 3.23. The highest BCUT2D eigenvalue weighted by atomic mass is 16.2. The molecule has 1 N–H and O–H groups in total. The minimum Gasteiger partial charge on any atom is -0.332 e. The van der Waals surface area contributed by atoms with Gasteiger partial charge >= 0.3 is 0 Å². The van der Waals surface area contributed by atoms with Crippen LogP contribution in [0.15, 0.2) is 48.9 Å². The van der Waals surface area contributed by atoms with Crippen LogP contribution in [0.25, 0.3) is 10.9 Å². The number of likely N-dealkylation sites (tertiary alicyclic amines) is 1. The van der Waals surface area contributed by atoms with Crippen LogP contribution < -0.4 is 0 Å². The van der Waals surface area contributed by atoms with E-state index in [1.165, 1.54) is 0 Å². The number of aromatic nitrogens is 3. The van der Waals surface area contributed by atoms with E-state index in [1.54, 1.807) is 18.6 Å². The van der Waals surface area contributed by atoms with Crippen molar-refractivity contribution in [3.63, 3.8) is 0 Å². The molecule has 5 nitrogen and oxygen atoms in total. The maximum atomic E-state index is 13.0. The molecule has 0 aliphatic carbocycles. The number of nitrogens with zero attached hydrogens (tertiary/aromatic N) is 3. The van der Waals surface area contributed by atoms with E-state index in [0.717, 1.165) is 35.9 Å². The molecule has 1 aliphatic rings. The van der Waals surface area contributed by atoms with Gasteiger partial charge in [-0.2, -0.15) is 5.10 Å². The lowest BCUT2D eigenvalue weighted by Crippen LogP contribution is -2.30. The lowest BCUT2D eigenvalue weighted by molar-refractivity contribution is 0.0737. The van der Waals surface area contributed by atoms with Crippen molar-refractivity contribution in [1.82, 2.24) is 20.1 Å². The van der Waals surface area contributed by atoms with Gasteiger partial charge in [-0.15, -0.1) is 0 Å². The first-order valence-electron chi connectivity index (χ1n) is 7.47. The van der Waals surface area contributed by atoms with Crippen LogP contribution in [-0.2, 0) is 0 Å². The number of H-pyrrole nitrogens is 1. The van der Waals surface area contributed by atoms with Crippen LogP contribution in [0.4, 0.5) is 0 Å². The zero-order valence-corrected chi connectivity index (χ0v) is 12.1. The largest absolute Gasteiger partial charge is 0.332 e. The molecule has 1 fully saturated rings. The summed E-state index contributed by atoms with van der Waals surface area (Å²) >= 11 is 0. The smallest absolute Gasteiger partial charge is 0.256 e. The Morgan fingerprint density at radius 2 is 2.09 bits per heavy atom. The van der Waals surface area contributed by atoms with Crippen molar-refractivity contribution in [2.45, 2.75) is 18.9 Å². The van der Waals surface area contributed by atoms with Crippen LogP contribution in [0.3, 0.4) is 0 Å². The van der Waals surface area contributed by atoms with Crippen molar-refractivity contribution in [2.75, 3.05) is 6.54 Å². The first-order valence-corrected chi connectivity index (χ1v) is 7.47. The molecule has 1 aromatic carbocycles. The van der Waals surface area contributed by atoms with Gasteiger partial charge in [-0.1, -0.05) is 12.1 Å². The molecule has 1 aliphatic heterocycles. The normalized spacial score (nSPS) is 18.0. The van der Waals surface area contributed by atoms with Crippen molar-refractivity contribution < 1.29 is 4.79 Å². The van der Waals surface area contributed by atoms with Crippen LogP contribution in [0.2, 0.25) is 0 Å². The molecule has 1 saturated heterocycles. The first-order chi connectivity index (χ1) is 10.8. The molecule has 4 rings (SSSR count). The Morgan fingerprint density at radius 3 is 2.95 bits per heavy atom. The summed E-state index contributed by atoms with van der Waals surface area (Å²) in [7, 11) is 0. The number of nitrogens with one attached hydrogen (secondary N) is 1. The quantitative estimate of drug-likeness (QED) is 0.790. The number of carbonyl (C=O) groups is 1. The summed E-state index contributed by atoms with van der Waals surface area (Å²) in [4.78, 5) is 19.0. The minimum absolute atomic E-state index is 0.0640. The van der Waals surface area contributed by atoms with Crippen LogP contribution in [0, 0.1) is 0 Å². The van der Waals surface area contributed by atoms with Gasteiger partial charge in [-0.05, 0) is 36.6 Å². The number of hydrogen-bond donors (Lipinski definition) is 1. The number of para-hydroxylation sites is 1. The summed E-state index contributed by atoms with van der Waals surface area (Å²) in [5.74, 6) is 0.0640. The Labute approximate surface area is 128 Å². The second-order valence-electron chi connectivity index (χ2n) is 5.58.